The smallest absolute Gasteiger partial charge is 0.237 e. The molecule has 0 unspecified atom stereocenters. The Morgan fingerprint density at radius 3 is 2.39 bits per heavy atom. The molecule has 0 saturated carbocycles. The molecule has 2 rings (SSSR count). The summed E-state index contributed by atoms with van der Waals surface area (Å²) in [5.41, 5.74) is 1.34. The van der Waals surface area contributed by atoms with Crippen LogP contribution in [0.2, 0.25) is 0 Å². The van der Waals surface area contributed by atoms with Gasteiger partial charge in [-0.3, -0.25) is 4.79 Å². The van der Waals surface area contributed by atoms with Crippen molar-refractivity contribution in [1.29, 1.82) is 0 Å². The lowest BCUT2D eigenvalue weighted by Crippen LogP contribution is -2.43. The number of carbonyl (C=O) groups is 1. The molecule has 5 nitrogen and oxygen atoms in total. The third kappa shape index (κ3) is 6.26. The first-order valence-electron chi connectivity index (χ1n) is 8.87. The SMILES string of the molecule is CS(=O)(=O)N(CCC1=CCCCC1)CC(=O)N1CCCCCC1. The number of hydrogen-bond acceptors (Lipinski definition) is 3. The van der Waals surface area contributed by atoms with Crippen molar-refractivity contribution in [3.05, 3.63) is 11.6 Å². The molecule has 1 aliphatic heterocycles. The number of amides is 1. The summed E-state index contributed by atoms with van der Waals surface area (Å²) in [5.74, 6) is -0.0463. The second-order valence-corrected chi connectivity index (χ2v) is 8.73. The summed E-state index contributed by atoms with van der Waals surface area (Å²) in [5, 5.41) is 0. The molecular formula is C17H30N2O3S. The van der Waals surface area contributed by atoms with Gasteiger partial charge in [0.2, 0.25) is 15.9 Å². The highest BCUT2D eigenvalue weighted by atomic mass is 32.2. The van der Waals surface area contributed by atoms with Gasteiger partial charge in [0, 0.05) is 19.6 Å². The summed E-state index contributed by atoms with van der Waals surface area (Å²) in [4.78, 5) is 14.3. The van der Waals surface area contributed by atoms with Gasteiger partial charge in [0.05, 0.1) is 12.8 Å². The highest BCUT2D eigenvalue weighted by Crippen LogP contribution is 2.21. The summed E-state index contributed by atoms with van der Waals surface area (Å²) in [7, 11) is -3.35. The maximum absolute atomic E-state index is 12.5. The van der Waals surface area contributed by atoms with E-state index in [0.29, 0.717) is 6.54 Å². The number of sulfonamides is 1. The predicted octanol–water partition coefficient (Wildman–Crippen LogP) is 2.54. The second kappa shape index (κ2) is 8.83. The van der Waals surface area contributed by atoms with E-state index in [9.17, 15) is 13.2 Å². The monoisotopic (exact) mass is 342 g/mol. The molecular weight excluding hydrogens is 312 g/mol. The van der Waals surface area contributed by atoms with Crippen molar-refractivity contribution >= 4 is 15.9 Å². The van der Waals surface area contributed by atoms with Crippen molar-refractivity contribution in [2.75, 3.05) is 32.4 Å². The lowest BCUT2D eigenvalue weighted by atomic mass is 9.97. The van der Waals surface area contributed by atoms with E-state index in [1.54, 1.807) is 0 Å². The second-order valence-electron chi connectivity index (χ2n) is 6.75. The Morgan fingerprint density at radius 1 is 1.13 bits per heavy atom. The van der Waals surface area contributed by atoms with Gasteiger partial charge >= 0.3 is 0 Å². The molecule has 1 saturated heterocycles. The van der Waals surface area contributed by atoms with Crippen LogP contribution in [0, 0.1) is 0 Å². The number of rotatable bonds is 6. The van der Waals surface area contributed by atoms with Crippen LogP contribution in [0.5, 0.6) is 0 Å². The molecule has 132 valence electrons. The Morgan fingerprint density at radius 2 is 1.83 bits per heavy atom. The summed E-state index contributed by atoms with van der Waals surface area (Å²) < 4.78 is 25.4. The van der Waals surface area contributed by atoms with Crippen LogP contribution in [0.15, 0.2) is 11.6 Å². The number of allylic oxidation sites excluding steroid dienone is 1. The van der Waals surface area contributed by atoms with E-state index in [0.717, 1.165) is 58.0 Å². The van der Waals surface area contributed by atoms with Gasteiger partial charge in [-0.05, 0) is 44.9 Å². The van der Waals surface area contributed by atoms with E-state index in [1.165, 1.54) is 29.0 Å². The normalized spacial score (nSPS) is 20.3. The van der Waals surface area contributed by atoms with Gasteiger partial charge in [0.25, 0.3) is 0 Å². The Balaban J connectivity index is 1.92. The van der Waals surface area contributed by atoms with E-state index < -0.39 is 10.0 Å². The lowest BCUT2D eigenvalue weighted by Gasteiger charge is -2.26. The van der Waals surface area contributed by atoms with E-state index in [1.807, 2.05) is 4.90 Å². The van der Waals surface area contributed by atoms with Crippen LogP contribution >= 0.6 is 0 Å². The Hall–Kier alpha value is -0.880. The van der Waals surface area contributed by atoms with Crippen LogP contribution in [-0.2, 0) is 14.8 Å². The molecule has 2 aliphatic rings. The van der Waals surface area contributed by atoms with Crippen molar-refractivity contribution in [3.63, 3.8) is 0 Å². The molecule has 1 fully saturated rings. The molecule has 0 atom stereocenters. The average molecular weight is 343 g/mol. The number of likely N-dealkylation sites (tertiary alicyclic amines) is 1. The fourth-order valence-corrected chi connectivity index (χ4v) is 4.10. The van der Waals surface area contributed by atoms with E-state index in [-0.39, 0.29) is 12.5 Å². The topological polar surface area (TPSA) is 57.7 Å². The van der Waals surface area contributed by atoms with Crippen molar-refractivity contribution in [1.82, 2.24) is 9.21 Å². The molecule has 0 aromatic heterocycles. The highest BCUT2D eigenvalue weighted by Gasteiger charge is 2.24. The van der Waals surface area contributed by atoms with Gasteiger partial charge < -0.3 is 4.90 Å². The predicted molar refractivity (Wildman–Crippen MR) is 92.6 cm³/mol. The fraction of sp³-hybridized carbons (Fsp3) is 0.824. The van der Waals surface area contributed by atoms with Crippen molar-refractivity contribution < 1.29 is 13.2 Å². The van der Waals surface area contributed by atoms with Gasteiger partial charge in [0.15, 0.2) is 0 Å². The Kier molecular flexibility index (Phi) is 7.09. The minimum atomic E-state index is -3.35. The maximum atomic E-state index is 12.5. The van der Waals surface area contributed by atoms with Gasteiger partial charge in [-0.1, -0.05) is 24.5 Å². The molecule has 1 aliphatic carbocycles. The molecule has 0 bridgehead atoms. The number of nitrogens with zero attached hydrogens (tertiary/aromatic N) is 2. The van der Waals surface area contributed by atoms with Crippen LogP contribution in [0.4, 0.5) is 0 Å². The zero-order valence-corrected chi connectivity index (χ0v) is 15.1. The minimum Gasteiger partial charge on any atom is -0.342 e. The largest absolute Gasteiger partial charge is 0.342 e. The van der Waals surface area contributed by atoms with Crippen LogP contribution in [-0.4, -0.2) is 56.0 Å². The first-order valence-corrected chi connectivity index (χ1v) is 10.7. The fourth-order valence-electron chi connectivity index (χ4n) is 3.33. The van der Waals surface area contributed by atoms with Gasteiger partial charge in [0.1, 0.15) is 0 Å². The molecule has 1 amide bonds. The molecule has 23 heavy (non-hydrogen) atoms. The van der Waals surface area contributed by atoms with E-state index in [4.69, 9.17) is 0 Å². The standard InChI is InChI=1S/C17H30N2O3S/c1-23(21,22)19(14-11-16-9-5-4-6-10-16)15-17(20)18-12-7-2-3-8-13-18/h9H,2-8,10-15H2,1H3. The lowest BCUT2D eigenvalue weighted by molar-refractivity contribution is -0.131. The Bertz CT molecular complexity index is 520. The van der Waals surface area contributed by atoms with Crippen molar-refractivity contribution in [2.45, 2.75) is 57.8 Å². The molecule has 0 spiro atoms. The van der Waals surface area contributed by atoms with Crippen LogP contribution < -0.4 is 0 Å². The molecule has 1 heterocycles. The first kappa shape index (κ1) is 18.5. The Labute approximate surface area is 140 Å². The van der Waals surface area contributed by atoms with Crippen molar-refractivity contribution in [2.24, 2.45) is 0 Å². The summed E-state index contributed by atoms with van der Waals surface area (Å²) in [6.07, 6.45) is 13.2. The number of carbonyl (C=O) groups excluding carboxylic acids is 1. The third-order valence-electron chi connectivity index (χ3n) is 4.81. The molecule has 0 aromatic carbocycles. The molecule has 6 heteroatoms. The van der Waals surface area contributed by atoms with E-state index >= 15 is 0 Å². The van der Waals surface area contributed by atoms with Gasteiger partial charge in [-0.25, -0.2) is 8.42 Å². The van der Waals surface area contributed by atoms with Crippen LogP contribution in [0.3, 0.4) is 0 Å². The summed E-state index contributed by atoms with van der Waals surface area (Å²) in [6, 6.07) is 0. The van der Waals surface area contributed by atoms with E-state index in [2.05, 4.69) is 6.08 Å². The third-order valence-corrected chi connectivity index (χ3v) is 6.06. The maximum Gasteiger partial charge on any atom is 0.237 e. The van der Waals surface area contributed by atoms with Crippen LogP contribution in [0.25, 0.3) is 0 Å². The zero-order valence-electron chi connectivity index (χ0n) is 14.3. The molecule has 0 aromatic rings. The van der Waals surface area contributed by atoms with Gasteiger partial charge in [-0.15, -0.1) is 0 Å². The quantitative estimate of drug-likeness (QED) is 0.697. The highest BCUT2D eigenvalue weighted by molar-refractivity contribution is 7.88. The molecule has 0 N–H and O–H groups in total. The molecule has 0 radical (unpaired) electrons. The summed E-state index contributed by atoms with van der Waals surface area (Å²) >= 11 is 0. The van der Waals surface area contributed by atoms with Crippen molar-refractivity contribution in [3.8, 4) is 0 Å². The number of hydrogen-bond donors (Lipinski definition) is 0. The van der Waals surface area contributed by atoms with Crippen LogP contribution in [0.1, 0.15) is 57.8 Å². The average Bonchev–Trinajstić information content (AvgIpc) is 2.80. The van der Waals surface area contributed by atoms with Gasteiger partial charge in [-0.2, -0.15) is 4.31 Å². The summed E-state index contributed by atoms with van der Waals surface area (Å²) in [6.45, 7) is 1.94. The zero-order chi connectivity index (χ0) is 16.7. The minimum absolute atomic E-state index is 0.00782. The first-order chi connectivity index (χ1) is 11.0.